The highest BCUT2D eigenvalue weighted by Gasteiger charge is 2.19. The number of carbonyl (C=O) groups excluding carboxylic acids is 2. The van der Waals surface area contributed by atoms with Gasteiger partial charge in [0.05, 0.1) is 0 Å². The number of likely N-dealkylation sites (tertiary alicyclic amines) is 1. The average Bonchev–Trinajstić information content (AvgIpc) is 2.97. The number of hydrogen-bond acceptors (Lipinski definition) is 6. The highest BCUT2D eigenvalue weighted by Crippen LogP contribution is 2.23. The smallest absolute Gasteiger partial charge is 0.255 e. The van der Waals surface area contributed by atoms with Gasteiger partial charge in [0.15, 0.2) is 0 Å². The molecule has 2 amide bonds. The molecule has 2 heterocycles. The number of hydrogen-bond donors (Lipinski definition) is 3. The van der Waals surface area contributed by atoms with Crippen LogP contribution in [0, 0.1) is 5.82 Å². The average molecular weight is 590 g/mol. The molecule has 1 saturated heterocycles. The summed E-state index contributed by atoms with van der Waals surface area (Å²) in [7, 11) is 0. The molecule has 0 saturated carbocycles. The van der Waals surface area contributed by atoms with Gasteiger partial charge in [0, 0.05) is 67.5 Å². The molecule has 1 aliphatic heterocycles. The predicted octanol–water partition coefficient (Wildman–Crippen LogP) is 6.72. The van der Waals surface area contributed by atoms with E-state index in [4.69, 9.17) is 4.74 Å². The van der Waals surface area contributed by atoms with Crippen LogP contribution in [0.2, 0.25) is 0 Å². The third-order valence-electron chi connectivity index (χ3n) is 6.81. The molecule has 4 aromatic rings. The van der Waals surface area contributed by atoms with Gasteiger partial charge in [-0.3, -0.25) is 14.5 Å². The quantitative estimate of drug-likeness (QED) is 0.201. The van der Waals surface area contributed by atoms with Crippen LogP contribution in [0.4, 0.5) is 21.5 Å². The Balaban J connectivity index is 0.00000405. The van der Waals surface area contributed by atoms with Crippen molar-refractivity contribution in [2.75, 3.05) is 29.0 Å². The van der Waals surface area contributed by atoms with Crippen molar-refractivity contribution in [3.05, 3.63) is 108 Å². The molecule has 10 heteroatoms. The molecule has 42 heavy (non-hydrogen) atoms. The number of amides is 2. The van der Waals surface area contributed by atoms with Crippen molar-refractivity contribution >= 4 is 41.3 Å². The molecule has 3 aromatic carbocycles. The number of rotatable bonds is 9. The predicted molar refractivity (Wildman–Crippen MR) is 165 cm³/mol. The lowest BCUT2D eigenvalue weighted by atomic mass is 10.0. The fourth-order valence-electron chi connectivity index (χ4n) is 4.68. The summed E-state index contributed by atoms with van der Waals surface area (Å²) in [6.45, 7) is 4.23. The van der Waals surface area contributed by atoms with Crippen LogP contribution in [0.25, 0.3) is 0 Å². The standard InChI is InChI=1S/C32H32FN5O3.ClH/c1-22(39)35-26-11-13-30(14-12-26)41-31-15-2-23(20-34-31)21-38-18-16-29(17-19-38)36-27-7-3-24(4-8-27)32(40)37-28-9-5-25(33)6-10-28;/h2-15,20,29,36H,16-19,21H2,1H3,(H,35,39)(H,37,40);1H. The van der Waals surface area contributed by atoms with Gasteiger partial charge in [-0.2, -0.15) is 0 Å². The number of benzene rings is 3. The number of halogens is 2. The van der Waals surface area contributed by atoms with Gasteiger partial charge >= 0.3 is 0 Å². The molecule has 1 aromatic heterocycles. The highest BCUT2D eigenvalue weighted by atomic mass is 35.5. The minimum atomic E-state index is -0.342. The summed E-state index contributed by atoms with van der Waals surface area (Å²) in [6.07, 6.45) is 3.87. The Bertz CT molecular complexity index is 1460. The fraction of sp³-hybridized carbons (Fsp3) is 0.219. The summed E-state index contributed by atoms with van der Waals surface area (Å²) in [5.74, 6) is 0.475. The van der Waals surface area contributed by atoms with E-state index in [1.54, 1.807) is 36.4 Å². The summed E-state index contributed by atoms with van der Waals surface area (Å²) in [6, 6.07) is 24.5. The maximum atomic E-state index is 13.1. The zero-order valence-electron chi connectivity index (χ0n) is 23.2. The third-order valence-corrected chi connectivity index (χ3v) is 6.81. The van der Waals surface area contributed by atoms with Crippen molar-refractivity contribution in [1.82, 2.24) is 9.88 Å². The molecule has 0 spiro atoms. The van der Waals surface area contributed by atoms with Crippen LogP contribution in [0.5, 0.6) is 11.6 Å². The summed E-state index contributed by atoms with van der Waals surface area (Å²) >= 11 is 0. The van der Waals surface area contributed by atoms with E-state index in [1.165, 1.54) is 31.2 Å². The molecule has 3 N–H and O–H groups in total. The number of piperidine rings is 1. The van der Waals surface area contributed by atoms with Crippen molar-refractivity contribution in [2.24, 2.45) is 0 Å². The molecule has 0 bridgehead atoms. The fourth-order valence-corrected chi connectivity index (χ4v) is 4.68. The van der Waals surface area contributed by atoms with Crippen molar-refractivity contribution in [1.29, 1.82) is 0 Å². The Morgan fingerprint density at radius 2 is 1.48 bits per heavy atom. The Labute approximate surface area is 250 Å². The second-order valence-electron chi connectivity index (χ2n) is 10.0. The Morgan fingerprint density at radius 3 is 2.10 bits per heavy atom. The Kier molecular flexibility index (Phi) is 10.5. The molecule has 8 nitrogen and oxygen atoms in total. The van der Waals surface area contributed by atoms with E-state index >= 15 is 0 Å². The second kappa shape index (κ2) is 14.4. The number of nitrogens with one attached hydrogen (secondary N) is 3. The van der Waals surface area contributed by atoms with Crippen LogP contribution in [0.1, 0.15) is 35.7 Å². The molecule has 0 atom stereocenters. The van der Waals surface area contributed by atoms with Gasteiger partial charge in [0.2, 0.25) is 11.8 Å². The zero-order chi connectivity index (χ0) is 28.6. The van der Waals surface area contributed by atoms with E-state index < -0.39 is 0 Å². The van der Waals surface area contributed by atoms with Gasteiger partial charge < -0.3 is 20.7 Å². The summed E-state index contributed by atoms with van der Waals surface area (Å²) < 4.78 is 18.9. The first kappa shape index (κ1) is 30.5. The van der Waals surface area contributed by atoms with Crippen molar-refractivity contribution < 1.29 is 18.7 Å². The molecule has 218 valence electrons. The van der Waals surface area contributed by atoms with E-state index in [0.29, 0.717) is 34.6 Å². The Hall–Kier alpha value is -4.47. The molecule has 0 radical (unpaired) electrons. The molecular formula is C32H33ClFN5O3. The minimum Gasteiger partial charge on any atom is -0.439 e. The van der Waals surface area contributed by atoms with Crippen LogP contribution in [0.15, 0.2) is 91.1 Å². The van der Waals surface area contributed by atoms with E-state index in [-0.39, 0.29) is 30.0 Å². The van der Waals surface area contributed by atoms with E-state index in [1.807, 2.05) is 30.5 Å². The molecular weight excluding hydrogens is 557 g/mol. The van der Waals surface area contributed by atoms with Crippen LogP contribution in [-0.2, 0) is 11.3 Å². The van der Waals surface area contributed by atoms with Crippen molar-refractivity contribution in [3.63, 3.8) is 0 Å². The van der Waals surface area contributed by atoms with Crippen molar-refractivity contribution in [2.45, 2.75) is 32.4 Å². The van der Waals surface area contributed by atoms with Gasteiger partial charge in [-0.25, -0.2) is 9.37 Å². The number of carbonyl (C=O) groups is 2. The summed E-state index contributed by atoms with van der Waals surface area (Å²) in [4.78, 5) is 30.5. The van der Waals surface area contributed by atoms with E-state index in [9.17, 15) is 14.0 Å². The van der Waals surface area contributed by atoms with E-state index in [0.717, 1.165) is 43.7 Å². The summed E-state index contributed by atoms with van der Waals surface area (Å²) in [5, 5.41) is 9.09. The molecule has 1 fully saturated rings. The zero-order valence-corrected chi connectivity index (χ0v) is 24.0. The molecule has 1 aliphatic rings. The van der Waals surface area contributed by atoms with Gasteiger partial charge in [-0.15, -0.1) is 12.4 Å². The number of nitrogens with zero attached hydrogens (tertiary/aromatic N) is 2. The largest absolute Gasteiger partial charge is 0.439 e. The maximum Gasteiger partial charge on any atom is 0.255 e. The molecule has 0 unspecified atom stereocenters. The van der Waals surface area contributed by atoms with Gasteiger partial charge in [-0.05, 0) is 91.2 Å². The lowest BCUT2D eigenvalue weighted by Gasteiger charge is -2.32. The van der Waals surface area contributed by atoms with Gasteiger partial charge in [0.25, 0.3) is 5.91 Å². The number of anilines is 3. The lowest BCUT2D eigenvalue weighted by Crippen LogP contribution is -2.38. The second-order valence-corrected chi connectivity index (χ2v) is 10.0. The van der Waals surface area contributed by atoms with Crippen LogP contribution < -0.4 is 20.7 Å². The topological polar surface area (TPSA) is 95.6 Å². The first-order valence-corrected chi connectivity index (χ1v) is 13.6. The minimum absolute atomic E-state index is 0. The van der Waals surface area contributed by atoms with E-state index in [2.05, 4.69) is 25.8 Å². The van der Waals surface area contributed by atoms with Gasteiger partial charge in [-0.1, -0.05) is 6.07 Å². The molecule has 5 rings (SSSR count). The van der Waals surface area contributed by atoms with Crippen molar-refractivity contribution in [3.8, 4) is 11.6 Å². The molecule has 0 aliphatic carbocycles. The maximum absolute atomic E-state index is 13.1. The van der Waals surface area contributed by atoms with Crippen LogP contribution in [0.3, 0.4) is 0 Å². The lowest BCUT2D eigenvalue weighted by molar-refractivity contribution is -0.114. The Morgan fingerprint density at radius 1 is 0.857 bits per heavy atom. The highest BCUT2D eigenvalue weighted by molar-refractivity contribution is 6.04. The SMILES string of the molecule is CC(=O)Nc1ccc(Oc2ccc(CN3CCC(Nc4ccc(C(=O)Nc5ccc(F)cc5)cc4)CC3)cn2)cc1.Cl. The first-order valence-electron chi connectivity index (χ1n) is 13.6. The summed E-state index contributed by atoms with van der Waals surface area (Å²) in [5.41, 5.74) is 3.91. The third kappa shape index (κ3) is 8.76. The van der Waals surface area contributed by atoms with Gasteiger partial charge in [0.1, 0.15) is 11.6 Å². The number of aromatic nitrogens is 1. The van der Waals surface area contributed by atoms with Crippen LogP contribution in [-0.4, -0.2) is 40.8 Å². The first-order chi connectivity index (χ1) is 19.9. The normalized spacial score (nSPS) is 13.5. The number of pyridine rings is 1. The number of ether oxygens (including phenoxy) is 1. The van der Waals surface area contributed by atoms with Crippen LogP contribution >= 0.6 is 12.4 Å². The monoisotopic (exact) mass is 589 g/mol.